The predicted octanol–water partition coefficient (Wildman–Crippen LogP) is -0.177. The van der Waals surface area contributed by atoms with Crippen molar-refractivity contribution >= 4 is 5.91 Å². The number of primary amides is 1. The van der Waals surface area contributed by atoms with Crippen molar-refractivity contribution in [2.75, 3.05) is 26.3 Å². The lowest BCUT2D eigenvalue weighted by Gasteiger charge is -2.32. The van der Waals surface area contributed by atoms with Crippen LogP contribution in [0, 0.1) is 10.1 Å². The highest BCUT2D eigenvalue weighted by atomic mass is 16.6. The Morgan fingerprint density at radius 2 is 2.05 bits per heavy atom. The summed E-state index contributed by atoms with van der Waals surface area (Å²) in [5, 5.41) is 13.9. The molecule has 0 bridgehead atoms. The molecule has 1 saturated heterocycles. The number of ether oxygens (including phenoxy) is 1. The minimum atomic E-state index is -1.01. The van der Waals surface area contributed by atoms with Gasteiger partial charge in [-0.1, -0.05) is 0 Å². The molecule has 0 aromatic carbocycles. The number of nitrogens with zero attached hydrogens (tertiary/aromatic N) is 2. The second kappa shape index (κ2) is 6.86. The zero-order chi connectivity index (χ0) is 15.4. The van der Waals surface area contributed by atoms with Gasteiger partial charge in [0.1, 0.15) is 0 Å². The highest BCUT2D eigenvalue weighted by molar-refractivity contribution is 5.89. The summed E-state index contributed by atoms with van der Waals surface area (Å²) in [5.74, 6) is -1.01. The smallest absolute Gasteiger partial charge is 0.351 e. The van der Waals surface area contributed by atoms with E-state index in [0.29, 0.717) is 6.04 Å². The van der Waals surface area contributed by atoms with Gasteiger partial charge in [-0.3, -0.25) is 19.8 Å². The van der Waals surface area contributed by atoms with Gasteiger partial charge >= 0.3 is 11.6 Å². The van der Waals surface area contributed by atoms with E-state index < -0.39 is 16.5 Å². The van der Waals surface area contributed by atoms with Crippen molar-refractivity contribution in [2.45, 2.75) is 38.3 Å². The molecule has 0 radical (unpaired) electrons. The Morgan fingerprint density at radius 3 is 2.62 bits per heavy atom. The summed E-state index contributed by atoms with van der Waals surface area (Å²) < 4.78 is 5.34. The molecule has 0 aromatic heterocycles. The highest BCUT2D eigenvalue weighted by Gasteiger charge is 2.31. The van der Waals surface area contributed by atoms with Gasteiger partial charge in [-0.2, -0.15) is 0 Å². The van der Waals surface area contributed by atoms with E-state index in [4.69, 9.17) is 10.5 Å². The molecule has 2 atom stereocenters. The zero-order valence-corrected chi connectivity index (χ0v) is 12.2. The fourth-order valence-electron chi connectivity index (χ4n) is 3.15. The van der Waals surface area contributed by atoms with Gasteiger partial charge in [0.15, 0.2) is 0 Å². The normalized spacial score (nSPS) is 28.0. The van der Waals surface area contributed by atoms with Crippen LogP contribution in [0.25, 0.3) is 0 Å². The predicted molar refractivity (Wildman–Crippen MR) is 75.8 cm³/mol. The maximum absolute atomic E-state index is 11.1. The second-order valence-corrected chi connectivity index (χ2v) is 5.55. The standard InChI is InChI=1S/C13H22N4O4/c1-9(12(13(14)18)17(19)20)15-10-2-3-11(8-10)16-4-6-21-7-5-16/h10-11,15H,2-8H2,1H3,(H2,14,18)/b12-9+. The van der Waals surface area contributed by atoms with Crippen LogP contribution in [-0.2, 0) is 9.53 Å². The molecule has 21 heavy (non-hydrogen) atoms. The van der Waals surface area contributed by atoms with Gasteiger partial charge in [-0.25, -0.2) is 0 Å². The first-order valence-electron chi connectivity index (χ1n) is 7.22. The first-order chi connectivity index (χ1) is 9.99. The molecule has 3 N–H and O–H groups in total. The Balaban J connectivity index is 1.93. The minimum absolute atomic E-state index is 0.146. The van der Waals surface area contributed by atoms with E-state index in [2.05, 4.69) is 10.2 Å². The summed E-state index contributed by atoms with van der Waals surface area (Å²) in [6.45, 7) is 4.94. The molecule has 118 valence electrons. The van der Waals surface area contributed by atoms with E-state index in [-0.39, 0.29) is 11.7 Å². The number of carbonyl (C=O) groups is 1. The zero-order valence-electron chi connectivity index (χ0n) is 12.2. The number of rotatable bonds is 5. The van der Waals surface area contributed by atoms with Crippen molar-refractivity contribution in [1.29, 1.82) is 0 Å². The van der Waals surface area contributed by atoms with Crippen LogP contribution >= 0.6 is 0 Å². The van der Waals surface area contributed by atoms with Crippen LogP contribution in [0.3, 0.4) is 0 Å². The molecular weight excluding hydrogens is 276 g/mol. The average Bonchev–Trinajstić information content (AvgIpc) is 2.87. The highest BCUT2D eigenvalue weighted by Crippen LogP contribution is 2.25. The van der Waals surface area contributed by atoms with Crippen LogP contribution in [-0.4, -0.2) is 54.1 Å². The molecule has 2 fully saturated rings. The van der Waals surface area contributed by atoms with Crippen molar-refractivity contribution in [2.24, 2.45) is 5.73 Å². The Morgan fingerprint density at radius 1 is 1.38 bits per heavy atom. The Bertz CT molecular complexity index is 429. The monoisotopic (exact) mass is 298 g/mol. The number of hydrogen-bond acceptors (Lipinski definition) is 6. The van der Waals surface area contributed by atoms with Gasteiger partial charge in [0.2, 0.25) is 0 Å². The van der Waals surface area contributed by atoms with Gasteiger partial charge in [0, 0.05) is 25.2 Å². The molecule has 1 aliphatic carbocycles. The largest absolute Gasteiger partial charge is 0.380 e. The molecule has 0 aromatic rings. The topological polar surface area (TPSA) is 111 Å². The van der Waals surface area contributed by atoms with Crippen molar-refractivity contribution in [3.8, 4) is 0 Å². The summed E-state index contributed by atoms with van der Waals surface area (Å²) in [7, 11) is 0. The van der Waals surface area contributed by atoms with Crippen molar-refractivity contribution in [1.82, 2.24) is 10.2 Å². The molecule has 1 amide bonds. The average molecular weight is 298 g/mol. The van der Waals surface area contributed by atoms with E-state index >= 15 is 0 Å². The Kier molecular flexibility index (Phi) is 5.13. The van der Waals surface area contributed by atoms with E-state index in [9.17, 15) is 14.9 Å². The van der Waals surface area contributed by atoms with Crippen LogP contribution in [0.2, 0.25) is 0 Å². The third kappa shape index (κ3) is 3.92. The SMILES string of the molecule is C/C(NC1CCC(N2CCOCC2)C1)=C(/C(N)=O)[N+](=O)[O-]. The lowest BCUT2D eigenvalue weighted by molar-refractivity contribution is -0.420. The molecule has 8 nitrogen and oxygen atoms in total. The molecule has 2 rings (SSSR count). The number of morpholine rings is 1. The van der Waals surface area contributed by atoms with Crippen LogP contribution in [0.1, 0.15) is 26.2 Å². The second-order valence-electron chi connectivity index (χ2n) is 5.55. The summed E-state index contributed by atoms with van der Waals surface area (Å²) in [6, 6.07) is 0.624. The van der Waals surface area contributed by atoms with Gasteiger partial charge in [0.25, 0.3) is 0 Å². The van der Waals surface area contributed by atoms with Crippen LogP contribution in [0.5, 0.6) is 0 Å². The van der Waals surface area contributed by atoms with Gasteiger partial charge < -0.3 is 15.8 Å². The number of amides is 1. The van der Waals surface area contributed by atoms with Gasteiger partial charge in [0.05, 0.1) is 23.8 Å². The van der Waals surface area contributed by atoms with E-state index in [1.807, 2.05) is 0 Å². The number of nitrogens with two attached hydrogens (primary N) is 1. The molecule has 0 spiro atoms. The van der Waals surface area contributed by atoms with E-state index in [1.165, 1.54) is 6.92 Å². The summed E-state index contributed by atoms with van der Waals surface area (Å²) in [5.41, 5.74) is 4.76. The molecule has 1 heterocycles. The number of carbonyl (C=O) groups excluding carboxylic acids is 1. The fourth-order valence-corrected chi connectivity index (χ4v) is 3.15. The first-order valence-corrected chi connectivity index (χ1v) is 7.22. The molecule has 1 saturated carbocycles. The molecular formula is C13H22N4O4. The number of nitro groups is 1. The van der Waals surface area contributed by atoms with Crippen molar-refractivity contribution < 1.29 is 14.5 Å². The van der Waals surface area contributed by atoms with Gasteiger partial charge in [-0.05, 0) is 26.2 Å². The van der Waals surface area contributed by atoms with Gasteiger partial charge in [-0.15, -0.1) is 0 Å². The quantitative estimate of drug-likeness (QED) is 0.414. The molecule has 8 heteroatoms. The molecule has 2 unspecified atom stereocenters. The fraction of sp³-hybridized carbons (Fsp3) is 0.769. The Labute approximate surface area is 123 Å². The minimum Gasteiger partial charge on any atom is -0.380 e. The van der Waals surface area contributed by atoms with Crippen LogP contribution in [0.15, 0.2) is 11.4 Å². The molecule has 2 aliphatic rings. The lowest BCUT2D eigenvalue weighted by atomic mass is 10.2. The third-order valence-electron chi connectivity index (χ3n) is 4.16. The summed E-state index contributed by atoms with van der Waals surface area (Å²) >= 11 is 0. The molecule has 1 aliphatic heterocycles. The first kappa shape index (κ1) is 15.7. The van der Waals surface area contributed by atoms with Crippen LogP contribution in [0.4, 0.5) is 0 Å². The maximum Gasteiger partial charge on any atom is 0.351 e. The van der Waals surface area contributed by atoms with Crippen LogP contribution < -0.4 is 11.1 Å². The Hall–Kier alpha value is -1.67. The van der Waals surface area contributed by atoms with E-state index in [0.717, 1.165) is 45.6 Å². The summed E-state index contributed by atoms with van der Waals surface area (Å²) in [4.78, 5) is 23.7. The number of hydrogen-bond donors (Lipinski definition) is 2. The maximum atomic E-state index is 11.1. The van der Waals surface area contributed by atoms with E-state index in [1.54, 1.807) is 0 Å². The summed E-state index contributed by atoms with van der Waals surface area (Å²) in [6.07, 6.45) is 2.90. The lowest BCUT2D eigenvalue weighted by Crippen LogP contribution is -2.43. The number of allylic oxidation sites excluding steroid dienone is 1. The van der Waals surface area contributed by atoms with Crippen molar-refractivity contribution in [3.63, 3.8) is 0 Å². The van der Waals surface area contributed by atoms with Crippen molar-refractivity contribution in [3.05, 3.63) is 21.5 Å². The third-order valence-corrected chi connectivity index (χ3v) is 4.16. The number of nitrogens with one attached hydrogen (secondary N) is 1.